The summed E-state index contributed by atoms with van der Waals surface area (Å²) < 4.78 is 18.7. The first-order valence-corrected chi connectivity index (χ1v) is 13.8. The molecule has 8 nitrogen and oxygen atoms in total. The summed E-state index contributed by atoms with van der Waals surface area (Å²) in [5, 5.41) is 8.99. The lowest BCUT2D eigenvalue weighted by molar-refractivity contribution is -0.136. The van der Waals surface area contributed by atoms with Crippen molar-refractivity contribution < 1.29 is 19.0 Å². The van der Waals surface area contributed by atoms with Gasteiger partial charge < -0.3 is 14.2 Å². The molecule has 1 aromatic heterocycles. The molecule has 0 fully saturated rings. The van der Waals surface area contributed by atoms with Crippen LogP contribution in [0, 0.1) is 11.3 Å². The molecule has 5 rings (SSSR count). The molecule has 0 aliphatic carbocycles. The third kappa shape index (κ3) is 5.55. The van der Waals surface area contributed by atoms with Crippen molar-refractivity contribution in [3.63, 3.8) is 0 Å². The van der Waals surface area contributed by atoms with E-state index in [0.717, 1.165) is 16.7 Å². The fraction of sp³-hybridized carbons (Fsp3) is 0.188. The van der Waals surface area contributed by atoms with Gasteiger partial charge in [0.1, 0.15) is 6.61 Å². The molecule has 0 bridgehead atoms. The first kappa shape index (κ1) is 27.6. The SMILES string of the molecule is CCC1=C(C(=O)OC)[C@H](c2ccccc2)n2c(s/c(=C/c3ccc(OCc4ccc(C#N)cc4)c(OC)c3)c2=O)=N1. The average Bonchev–Trinajstić information content (AvgIpc) is 3.33. The van der Waals surface area contributed by atoms with Gasteiger partial charge in [-0.2, -0.15) is 5.26 Å². The van der Waals surface area contributed by atoms with E-state index in [9.17, 15) is 9.59 Å². The second kappa shape index (κ2) is 12.1. The zero-order valence-corrected chi connectivity index (χ0v) is 23.6. The fourth-order valence-electron chi connectivity index (χ4n) is 4.70. The Bertz CT molecular complexity index is 1850. The van der Waals surface area contributed by atoms with Gasteiger partial charge in [-0.15, -0.1) is 0 Å². The van der Waals surface area contributed by atoms with Crippen LogP contribution >= 0.6 is 11.3 Å². The van der Waals surface area contributed by atoms with Crippen LogP contribution in [-0.2, 0) is 16.1 Å². The quantitative estimate of drug-likeness (QED) is 0.296. The summed E-state index contributed by atoms with van der Waals surface area (Å²) in [6, 6.07) is 23.5. The molecule has 0 saturated carbocycles. The van der Waals surface area contributed by atoms with Crippen LogP contribution in [0.15, 0.2) is 93.9 Å². The van der Waals surface area contributed by atoms with Crippen LogP contribution in [-0.4, -0.2) is 24.8 Å². The Kier molecular flexibility index (Phi) is 8.13. The minimum absolute atomic E-state index is 0.251. The number of methoxy groups -OCH3 is 2. The predicted molar refractivity (Wildman–Crippen MR) is 155 cm³/mol. The summed E-state index contributed by atoms with van der Waals surface area (Å²) in [5.41, 5.74) is 3.77. The predicted octanol–water partition coefficient (Wildman–Crippen LogP) is 4.26. The van der Waals surface area contributed by atoms with E-state index in [0.29, 0.717) is 50.7 Å². The summed E-state index contributed by atoms with van der Waals surface area (Å²) in [6.07, 6.45) is 2.30. The minimum Gasteiger partial charge on any atom is -0.493 e. The molecular weight excluding hydrogens is 538 g/mol. The van der Waals surface area contributed by atoms with E-state index < -0.39 is 12.0 Å². The Hall–Kier alpha value is -4.94. The molecule has 4 aromatic rings. The highest BCUT2D eigenvalue weighted by Gasteiger charge is 2.33. The van der Waals surface area contributed by atoms with Crippen LogP contribution in [0.3, 0.4) is 0 Å². The van der Waals surface area contributed by atoms with Crippen LogP contribution in [0.25, 0.3) is 6.08 Å². The smallest absolute Gasteiger partial charge is 0.338 e. The molecule has 0 unspecified atom stereocenters. The summed E-state index contributed by atoms with van der Waals surface area (Å²) >= 11 is 1.27. The Labute approximate surface area is 240 Å². The van der Waals surface area contributed by atoms with Gasteiger partial charge in [0.05, 0.1) is 47.7 Å². The van der Waals surface area contributed by atoms with E-state index in [-0.39, 0.29) is 5.56 Å². The molecule has 3 aromatic carbocycles. The molecule has 0 radical (unpaired) electrons. The number of nitrogens with zero attached hydrogens (tertiary/aromatic N) is 3. The maximum atomic E-state index is 13.8. The topological polar surface area (TPSA) is 103 Å². The van der Waals surface area contributed by atoms with Gasteiger partial charge >= 0.3 is 5.97 Å². The number of esters is 1. The number of fused-ring (bicyclic) bond motifs is 1. The van der Waals surface area contributed by atoms with Gasteiger partial charge in [0.15, 0.2) is 16.3 Å². The molecule has 1 aliphatic rings. The zero-order chi connectivity index (χ0) is 28.9. The second-order valence-electron chi connectivity index (χ2n) is 9.21. The van der Waals surface area contributed by atoms with Gasteiger partial charge in [0.2, 0.25) is 0 Å². The first-order valence-electron chi connectivity index (χ1n) is 12.9. The Morgan fingerprint density at radius 3 is 2.49 bits per heavy atom. The van der Waals surface area contributed by atoms with Crippen molar-refractivity contribution >= 4 is 23.4 Å². The molecule has 1 aliphatic heterocycles. The van der Waals surface area contributed by atoms with Crippen molar-refractivity contribution in [1.29, 1.82) is 5.26 Å². The zero-order valence-electron chi connectivity index (χ0n) is 22.8. The number of thiazole rings is 1. The highest BCUT2D eigenvalue weighted by atomic mass is 32.1. The lowest BCUT2D eigenvalue weighted by Crippen LogP contribution is -2.40. The molecule has 206 valence electrons. The summed E-state index contributed by atoms with van der Waals surface area (Å²) in [4.78, 5) is 32.0. The monoisotopic (exact) mass is 565 g/mol. The van der Waals surface area contributed by atoms with Crippen molar-refractivity contribution in [1.82, 2.24) is 4.57 Å². The van der Waals surface area contributed by atoms with E-state index in [2.05, 4.69) is 6.07 Å². The van der Waals surface area contributed by atoms with Crippen LogP contribution in [0.4, 0.5) is 0 Å². The van der Waals surface area contributed by atoms with Crippen molar-refractivity contribution in [3.8, 4) is 17.6 Å². The van der Waals surface area contributed by atoms with Crippen molar-refractivity contribution in [2.75, 3.05) is 14.2 Å². The number of ether oxygens (including phenoxy) is 3. The number of carbonyl (C=O) groups excluding carboxylic acids is 1. The molecule has 0 N–H and O–H groups in total. The number of hydrogen-bond acceptors (Lipinski definition) is 8. The van der Waals surface area contributed by atoms with Gasteiger partial charge in [-0.25, -0.2) is 9.79 Å². The number of hydrogen-bond donors (Lipinski definition) is 0. The molecule has 41 heavy (non-hydrogen) atoms. The fourth-order valence-corrected chi connectivity index (χ4v) is 5.72. The summed E-state index contributed by atoms with van der Waals surface area (Å²) in [6.45, 7) is 2.23. The molecule has 2 heterocycles. The highest BCUT2D eigenvalue weighted by Crippen LogP contribution is 2.32. The van der Waals surface area contributed by atoms with E-state index >= 15 is 0 Å². The van der Waals surface area contributed by atoms with Gasteiger partial charge in [0, 0.05) is 0 Å². The lowest BCUT2D eigenvalue weighted by atomic mass is 9.95. The van der Waals surface area contributed by atoms with Crippen LogP contribution in [0.5, 0.6) is 11.5 Å². The molecular formula is C32H27N3O5S. The van der Waals surface area contributed by atoms with Crippen molar-refractivity contribution in [3.05, 3.63) is 126 Å². The van der Waals surface area contributed by atoms with Crippen LogP contribution in [0.2, 0.25) is 0 Å². The standard InChI is InChI=1S/C32H27N3O5S/c1-4-24-28(31(37)39-3)29(23-8-6-5-7-9-23)35-30(36)27(41-32(35)34-24)17-22-14-15-25(26(16-22)38-2)40-19-21-12-10-20(18-33)11-13-21/h5-17,29H,4,19H2,1-3H3/b27-17+/t29-/m0/s1. The second-order valence-corrected chi connectivity index (χ2v) is 10.2. The number of nitriles is 1. The van der Waals surface area contributed by atoms with Gasteiger partial charge in [0.25, 0.3) is 5.56 Å². The van der Waals surface area contributed by atoms with Crippen molar-refractivity contribution in [2.24, 2.45) is 4.99 Å². The third-order valence-electron chi connectivity index (χ3n) is 6.73. The normalized spacial score (nSPS) is 14.6. The first-order chi connectivity index (χ1) is 20.0. The molecule has 0 spiro atoms. The number of allylic oxidation sites excluding steroid dienone is 1. The maximum absolute atomic E-state index is 13.8. The lowest BCUT2D eigenvalue weighted by Gasteiger charge is -2.25. The van der Waals surface area contributed by atoms with Crippen LogP contribution < -0.4 is 24.4 Å². The number of aromatic nitrogens is 1. The number of carbonyl (C=O) groups is 1. The van der Waals surface area contributed by atoms with E-state index in [1.54, 1.807) is 42.0 Å². The highest BCUT2D eigenvalue weighted by molar-refractivity contribution is 7.07. The molecule has 9 heteroatoms. The minimum atomic E-state index is -0.649. The van der Waals surface area contributed by atoms with E-state index in [4.69, 9.17) is 24.5 Å². The van der Waals surface area contributed by atoms with Gasteiger partial charge in [-0.3, -0.25) is 9.36 Å². The Morgan fingerprint density at radius 1 is 1.07 bits per heavy atom. The van der Waals surface area contributed by atoms with Crippen molar-refractivity contribution in [2.45, 2.75) is 26.0 Å². The Balaban J connectivity index is 1.53. The van der Waals surface area contributed by atoms with Gasteiger partial charge in [-0.05, 0) is 53.5 Å². The summed E-state index contributed by atoms with van der Waals surface area (Å²) in [5.74, 6) is 0.563. The van der Waals surface area contributed by atoms with E-state index in [1.807, 2.05) is 55.5 Å². The average molecular weight is 566 g/mol. The largest absolute Gasteiger partial charge is 0.493 e. The third-order valence-corrected chi connectivity index (χ3v) is 7.71. The molecule has 0 saturated heterocycles. The van der Waals surface area contributed by atoms with E-state index in [1.165, 1.54) is 18.4 Å². The van der Waals surface area contributed by atoms with Gasteiger partial charge in [-0.1, -0.05) is 66.8 Å². The summed E-state index contributed by atoms with van der Waals surface area (Å²) in [7, 11) is 2.89. The van der Waals surface area contributed by atoms with Crippen LogP contribution in [0.1, 0.15) is 41.6 Å². The molecule has 0 amide bonds. The number of benzene rings is 3. The Morgan fingerprint density at radius 2 is 1.83 bits per heavy atom. The molecule has 1 atom stereocenters. The number of rotatable bonds is 8. The maximum Gasteiger partial charge on any atom is 0.338 e.